The number of carbonyl (C=O) groups excluding carboxylic acids is 1. The molecule has 10 heteroatoms. The Labute approximate surface area is 156 Å². The van der Waals surface area contributed by atoms with Crippen LogP contribution in [0.4, 0.5) is 32.0 Å². The van der Waals surface area contributed by atoms with Crippen molar-refractivity contribution in [2.24, 2.45) is 0 Å². The van der Waals surface area contributed by atoms with Crippen molar-refractivity contribution >= 4 is 11.6 Å². The summed E-state index contributed by atoms with van der Waals surface area (Å²) in [5.41, 5.74) is -3.26. The van der Waals surface area contributed by atoms with E-state index in [1.807, 2.05) is 0 Å². The van der Waals surface area contributed by atoms with E-state index in [1.165, 1.54) is 32.4 Å². The molecule has 4 nitrogen and oxygen atoms in total. The van der Waals surface area contributed by atoms with Crippen LogP contribution in [0.2, 0.25) is 0 Å². The van der Waals surface area contributed by atoms with E-state index in [0.29, 0.717) is 23.4 Å². The predicted molar refractivity (Wildman–Crippen MR) is 88.3 cm³/mol. The molecule has 2 aromatic rings. The van der Waals surface area contributed by atoms with Crippen molar-refractivity contribution in [1.82, 2.24) is 0 Å². The summed E-state index contributed by atoms with van der Waals surface area (Å²) in [5, 5.41) is 2.07. The van der Waals surface area contributed by atoms with Gasteiger partial charge in [0.2, 0.25) is 5.91 Å². The Morgan fingerprint density at radius 2 is 1.46 bits per heavy atom. The minimum atomic E-state index is -5.00. The maximum atomic E-state index is 12.9. The van der Waals surface area contributed by atoms with Crippen molar-refractivity contribution in [3.63, 3.8) is 0 Å². The zero-order valence-electron chi connectivity index (χ0n) is 14.7. The second-order valence-corrected chi connectivity index (χ2v) is 5.70. The molecular formula is C18H15F6NO3. The number of benzene rings is 2. The molecule has 0 aliphatic heterocycles. The van der Waals surface area contributed by atoms with Crippen LogP contribution in [0.25, 0.3) is 0 Å². The van der Waals surface area contributed by atoms with Crippen molar-refractivity contribution in [1.29, 1.82) is 0 Å². The smallest absolute Gasteiger partial charge is 0.416 e. The molecule has 0 aromatic heterocycles. The van der Waals surface area contributed by atoms with E-state index in [-0.39, 0.29) is 18.2 Å². The van der Waals surface area contributed by atoms with Gasteiger partial charge in [0.15, 0.2) is 0 Å². The average molecular weight is 407 g/mol. The first-order valence-electron chi connectivity index (χ1n) is 7.74. The lowest BCUT2D eigenvalue weighted by Crippen LogP contribution is -2.17. The van der Waals surface area contributed by atoms with Gasteiger partial charge in [0.25, 0.3) is 0 Å². The van der Waals surface area contributed by atoms with E-state index in [0.717, 1.165) is 0 Å². The maximum absolute atomic E-state index is 12.9. The Morgan fingerprint density at radius 1 is 0.893 bits per heavy atom. The molecule has 152 valence electrons. The fraction of sp³-hybridized carbons (Fsp3) is 0.278. The minimum Gasteiger partial charge on any atom is -0.497 e. The largest absolute Gasteiger partial charge is 0.497 e. The van der Waals surface area contributed by atoms with Gasteiger partial charge in [-0.2, -0.15) is 26.3 Å². The van der Waals surface area contributed by atoms with Crippen molar-refractivity contribution in [3.05, 3.63) is 53.1 Å². The first kappa shape index (κ1) is 21.4. The Kier molecular flexibility index (Phi) is 6.10. The lowest BCUT2D eigenvalue weighted by molar-refractivity contribution is -0.143. The molecule has 0 fully saturated rings. The quantitative estimate of drug-likeness (QED) is 0.716. The fourth-order valence-corrected chi connectivity index (χ4v) is 2.40. The molecule has 1 amide bonds. The molecule has 2 rings (SSSR count). The summed E-state index contributed by atoms with van der Waals surface area (Å²) in [5.74, 6) is -0.0702. The highest BCUT2D eigenvalue weighted by Crippen LogP contribution is 2.37. The van der Waals surface area contributed by atoms with Crippen molar-refractivity contribution in [2.75, 3.05) is 19.5 Å². The SMILES string of the molecule is COc1ccc(CC(=O)Nc2cc(C(F)(F)F)cc(C(F)(F)F)c2)c(OC)c1. The van der Waals surface area contributed by atoms with Crippen molar-refractivity contribution in [3.8, 4) is 11.5 Å². The standard InChI is InChI=1S/C18H15F6NO3/c1-27-14-4-3-10(15(9-14)28-2)5-16(26)25-13-7-11(17(19,20)21)6-12(8-13)18(22,23)24/h3-4,6-9H,5H2,1-2H3,(H,25,26). The molecular weight excluding hydrogens is 392 g/mol. The molecule has 0 atom stereocenters. The molecule has 28 heavy (non-hydrogen) atoms. The monoisotopic (exact) mass is 407 g/mol. The Bertz CT molecular complexity index is 829. The van der Waals surface area contributed by atoms with Crippen LogP contribution in [0.5, 0.6) is 11.5 Å². The van der Waals surface area contributed by atoms with Gasteiger partial charge < -0.3 is 14.8 Å². The molecule has 1 N–H and O–H groups in total. The van der Waals surface area contributed by atoms with Crippen molar-refractivity contribution < 1.29 is 40.6 Å². The summed E-state index contributed by atoms with van der Waals surface area (Å²) in [7, 11) is 2.77. The van der Waals surface area contributed by atoms with Crippen LogP contribution < -0.4 is 14.8 Å². The van der Waals surface area contributed by atoms with Crippen LogP contribution >= 0.6 is 0 Å². The van der Waals surface area contributed by atoms with Gasteiger partial charge in [-0.15, -0.1) is 0 Å². The number of rotatable bonds is 5. The maximum Gasteiger partial charge on any atom is 0.416 e. The second-order valence-electron chi connectivity index (χ2n) is 5.70. The van der Waals surface area contributed by atoms with Crippen LogP contribution in [-0.2, 0) is 23.6 Å². The molecule has 0 saturated carbocycles. The summed E-state index contributed by atoms with van der Waals surface area (Å²) < 4.78 is 87.4. The number of carbonyl (C=O) groups is 1. The van der Waals surface area contributed by atoms with E-state index in [1.54, 1.807) is 0 Å². The zero-order valence-corrected chi connectivity index (χ0v) is 14.7. The minimum absolute atomic E-state index is 0.0117. The third-order valence-electron chi connectivity index (χ3n) is 3.72. The van der Waals surface area contributed by atoms with Gasteiger partial charge in [0.1, 0.15) is 11.5 Å². The fourth-order valence-electron chi connectivity index (χ4n) is 2.40. The number of nitrogens with one attached hydrogen (secondary N) is 1. The Balaban J connectivity index is 2.29. The predicted octanol–water partition coefficient (Wildman–Crippen LogP) is 4.92. The van der Waals surface area contributed by atoms with E-state index in [4.69, 9.17) is 9.47 Å². The normalized spacial score (nSPS) is 11.9. The number of halogens is 6. The molecule has 0 aliphatic carbocycles. The topological polar surface area (TPSA) is 47.6 Å². The molecule has 2 aromatic carbocycles. The molecule has 0 unspecified atom stereocenters. The number of methoxy groups -OCH3 is 2. The van der Waals surface area contributed by atoms with Crippen LogP contribution in [-0.4, -0.2) is 20.1 Å². The van der Waals surface area contributed by atoms with E-state index in [9.17, 15) is 31.1 Å². The number of hydrogen-bond donors (Lipinski definition) is 1. The van der Waals surface area contributed by atoms with Gasteiger partial charge >= 0.3 is 12.4 Å². The lowest BCUT2D eigenvalue weighted by Gasteiger charge is -2.15. The highest BCUT2D eigenvalue weighted by molar-refractivity contribution is 5.92. The van der Waals surface area contributed by atoms with Gasteiger partial charge in [-0.25, -0.2) is 0 Å². The number of hydrogen-bond acceptors (Lipinski definition) is 3. The number of alkyl halides is 6. The van der Waals surface area contributed by atoms with Gasteiger partial charge in [-0.1, -0.05) is 6.07 Å². The van der Waals surface area contributed by atoms with Crippen LogP contribution in [0, 0.1) is 0 Å². The zero-order chi connectivity index (χ0) is 21.1. The Morgan fingerprint density at radius 3 is 1.93 bits per heavy atom. The first-order chi connectivity index (χ1) is 12.9. The number of ether oxygens (including phenoxy) is 2. The third kappa shape index (κ3) is 5.30. The molecule has 0 aliphatic rings. The van der Waals surface area contributed by atoms with Gasteiger partial charge in [-0.05, 0) is 24.3 Å². The van der Waals surface area contributed by atoms with E-state index >= 15 is 0 Å². The Hall–Kier alpha value is -2.91. The molecule has 0 spiro atoms. The van der Waals surface area contributed by atoms with E-state index < -0.39 is 35.1 Å². The van der Waals surface area contributed by atoms with Gasteiger partial charge in [0.05, 0.1) is 31.8 Å². The summed E-state index contributed by atoms with van der Waals surface area (Å²) in [6.07, 6.45) is -10.3. The summed E-state index contributed by atoms with van der Waals surface area (Å²) >= 11 is 0. The highest BCUT2D eigenvalue weighted by Gasteiger charge is 2.37. The summed E-state index contributed by atoms with van der Waals surface area (Å²) in [6.45, 7) is 0. The number of anilines is 1. The van der Waals surface area contributed by atoms with Crippen LogP contribution in [0.15, 0.2) is 36.4 Å². The molecule has 0 heterocycles. The van der Waals surface area contributed by atoms with Crippen LogP contribution in [0.1, 0.15) is 16.7 Å². The summed E-state index contributed by atoms with van der Waals surface area (Å²) in [6, 6.07) is 5.41. The molecule has 0 bridgehead atoms. The van der Waals surface area contributed by atoms with E-state index in [2.05, 4.69) is 5.32 Å². The number of amides is 1. The average Bonchev–Trinajstić information content (AvgIpc) is 2.60. The highest BCUT2D eigenvalue weighted by atomic mass is 19.4. The van der Waals surface area contributed by atoms with Crippen molar-refractivity contribution in [2.45, 2.75) is 18.8 Å². The summed E-state index contributed by atoms with van der Waals surface area (Å²) in [4.78, 5) is 12.2. The second kappa shape index (κ2) is 7.99. The lowest BCUT2D eigenvalue weighted by atomic mass is 10.1. The molecule has 0 saturated heterocycles. The van der Waals surface area contributed by atoms with Gasteiger partial charge in [0, 0.05) is 17.3 Å². The molecule has 0 radical (unpaired) electrons. The first-order valence-corrected chi connectivity index (χ1v) is 7.74. The van der Waals surface area contributed by atoms with Crippen LogP contribution in [0.3, 0.4) is 0 Å². The van der Waals surface area contributed by atoms with Gasteiger partial charge in [-0.3, -0.25) is 4.79 Å². The third-order valence-corrected chi connectivity index (χ3v) is 3.72.